The monoisotopic (exact) mass is 288 g/mol. The highest BCUT2D eigenvalue weighted by Gasteiger charge is 2.25. The summed E-state index contributed by atoms with van der Waals surface area (Å²) >= 11 is 0. The fourth-order valence-electron chi connectivity index (χ4n) is 3.03. The number of fused-ring (bicyclic) bond motifs is 1. The third-order valence-corrected chi connectivity index (χ3v) is 4.15. The topological polar surface area (TPSA) is 29.3 Å². The number of rotatable bonds is 3. The average molecular weight is 288 g/mol. The Morgan fingerprint density at radius 2 is 1.86 bits per heavy atom. The van der Waals surface area contributed by atoms with Crippen molar-refractivity contribution in [3.05, 3.63) is 70.8 Å². The number of benzene rings is 2. The quantitative estimate of drug-likeness (QED) is 0.940. The van der Waals surface area contributed by atoms with E-state index in [9.17, 15) is 8.78 Å². The van der Waals surface area contributed by atoms with Crippen molar-refractivity contribution in [2.24, 2.45) is 5.73 Å². The van der Waals surface area contributed by atoms with Crippen LogP contribution < -0.4 is 5.73 Å². The second kappa shape index (κ2) is 5.92. The van der Waals surface area contributed by atoms with Crippen LogP contribution in [0, 0.1) is 11.6 Å². The molecule has 0 saturated heterocycles. The van der Waals surface area contributed by atoms with Crippen molar-refractivity contribution < 1.29 is 8.78 Å². The zero-order chi connectivity index (χ0) is 14.8. The van der Waals surface area contributed by atoms with E-state index in [1.165, 1.54) is 23.3 Å². The molecule has 0 radical (unpaired) electrons. The molecule has 1 unspecified atom stereocenters. The van der Waals surface area contributed by atoms with Crippen LogP contribution in [0.25, 0.3) is 0 Å². The van der Waals surface area contributed by atoms with Crippen molar-refractivity contribution >= 4 is 0 Å². The second-order valence-corrected chi connectivity index (χ2v) is 5.41. The SMILES string of the molecule is NCC(c1ccc(F)cc1F)N1CCc2ccccc2C1. The first kappa shape index (κ1) is 14.2. The van der Waals surface area contributed by atoms with Crippen molar-refractivity contribution in [3.63, 3.8) is 0 Å². The largest absolute Gasteiger partial charge is 0.329 e. The molecular formula is C17H18F2N2. The van der Waals surface area contributed by atoms with Gasteiger partial charge in [0.25, 0.3) is 0 Å². The lowest BCUT2D eigenvalue weighted by atomic mass is 9.96. The molecule has 0 aromatic heterocycles. The molecule has 1 atom stereocenters. The maximum atomic E-state index is 14.0. The van der Waals surface area contributed by atoms with Gasteiger partial charge < -0.3 is 5.73 Å². The summed E-state index contributed by atoms with van der Waals surface area (Å²) in [6.07, 6.45) is 0.926. The van der Waals surface area contributed by atoms with Crippen LogP contribution in [0.15, 0.2) is 42.5 Å². The maximum Gasteiger partial charge on any atom is 0.130 e. The molecule has 0 saturated carbocycles. The Morgan fingerprint density at radius 1 is 1.10 bits per heavy atom. The van der Waals surface area contributed by atoms with E-state index in [1.807, 2.05) is 12.1 Å². The summed E-state index contributed by atoms with van der Waals surface area (Å²) in [4.78, 5) is 2.17. The molecule has 110 valence electrons. The van der Waals surface area contributed by atoms with Crippen molar-refractivity contribution in [1.82, 2.24) is 4.90 Å². The third-order valence-electron chi connectivity index (χ3n) is 4.15. The van der Waals surface area contributed by atoms with Crippen LogP contribution in [-0.2, 0) is 13.0 Å². The molecular weight excluding hydrogens is 270 g/mol. The van der Waals surface area contributed by atoms with E-state index >= 15 is 0 Å². The summed E-state index contributed by atoms with van der Waals surface area (Å²) in [5.74, 6) is -1.08. The summed E-state index contributed by atoms with van der Waals surface area (Å²) < 4.78 is 27.1. The molecule has 0 aliphatic carbocycles. The molecule has 0 spiro atoms. The first-order chi connectivity index (χ1) is 10.2. The lowest BCUT2D eigenvalue weighted by Gasteiger charge is -2.35. The van der Waals surface area contributed by atoms with E-state index in [4.69, 9.17) is 5.73 Å². The van der Waals surface area contributed by atoms with Crippen molar-refractivity contribution in [2.45, 2.75) is 19.0 Å². The highest BCUT2D eigenvalue weighted by Crippen LogP contribution is 2.28. The Balaban J connectivity index is 1.88. The second-order valence-electron chi connectivity index (χ2n) is 5.41. The Hall–Kier alpha value is -1.78. The third kappa shape index (κ3) is 2.82. The zero-order valence-electron chi connectivity index (χ0n) is 11.7. The highest BCUT2D eigenvalue weighted by molar-refractivity contribution is 5.30. The molecule has 2 aromatic carbocycles. The first-order valence-electron chi connectivity index (χ1n) is 7.15. The number of hydrogen-bond donors (Lipinski definition) is 1. The van der Waals surface area contributed by atoms with E-state index in [0.29, 0.717) is 12.1 Å². The molecule has 21 heavy (non-hydrogen) atoms. The van der Waals surface area contributed by atoms with Crippen LogP contribution >= 0.6 is 0 Å². The molecule has 4 heteroatoms. The molecule has 2 aromatic rings. The maximum absolute atomic E-state index is 14.0. The number of nitrogens with two attached hydrogens (primary N) is 1. The lowest BCUT2D eigenvalue weighted by Crippen LogP contribution is -2.38. The molecule has 2 nitrogen and oxygen atoms in total. The van der Waals surface area contributed by atoms with Gasteiger partial charge in [-0.1, -0.05) is 30.3 Å². The Labute approximate surface area is 123 Å². The number of halogens is 2. The predicted molar refractivity (Wildman–Crippen MR) is 78.7 cm³/mol. The Morgan fingerprint density at radius 3 is 2.57 bits per heavy atom. The van der Waals surface area contributed by atoms with Gasteiger partial charge in [-0.05, 0) is 23.6 Å². The molecule has 2 N–H and O–H groups in total. The summed E-state index contributed by atoms with van der Waals surface area (Å²) in [7, 11) is 0. The van der Waals surface area contributed by atoms with E-state index in [0.717, 1.165) is 25.6 Å². The lowest BCUT2D eigenvalue weighted by molar-refractivity contribution is 0.180. The van der Waals surface area contributed by atoms with Gasteiger partial charge in [-0.15, -0.1) is 0 Å². The van der Waals surface area contributed by atoms with Crippen LogP contribution in [0.5, 0.6) is 0 Å². The van der Waals surface area contributed by atoms with Gasteiger partial charge in [-0.3, -0.25) is 4.90 Å². The minimum absolute atomic E-state index is 0.223. The van der Waals surface area contributed by atoms with Gasteiger partial charge in [-0.25, -0.2) is 8.78 Å². The van der Waals surface area contributed by atoms with Crippen molar-refractivity contribution in [2.75, 3.05) is 13.1 Å². The molecule has 1 aliphatic rings. The predicted octanol–water partition coefficient (Wildman–Crippen LogP) is 3.02. The number of hydrogen-bond acceptors (Lipinski definition) is 2. The van der Waals surface area contributed by atoms with Gasteiger partial charge in [0.2, 0.25) is 0 Å². The summed E-state index contributed by atoms with van der Waals surface area (Å²) in [5.41, 5.74) is 8.92. The zero-order valence-corrected chi connectivity index (χ0v) is 11.7. The van der Waals surface area contributed by atoms with Crippen molar-refractivity contribution in [1.29, 1.82) is 0 Å². The van der Waals surface area contributed by atoms with Gasteiger partial charge in [0.05, 0.1) is 6.04 Å². The normalized spacial score (nSPS) is 16.5. The van der Waals surface area contributed by atoms with Crippen LogP contribution in [0.1, 0.15) is 22.7 Å². The molecule has 3 rings (SSSR count). The van der Waals surface area contributed by atoms with Gasteiger partial charge >= 0.3 is 0 Å². The average Bonchev–Trinajstić information content (AvgIpc) is 2.50. The molecule has 1 heterocycles. The van der Waals surface area contributed by atoms with Crippen LogP contribution in [-0.4, -0.2) is 18.0 Å². The minimum Gasteiger partial charge on any atom is -0.329 e. The van der Waals surface area contributed by atoms with E-state index in [-0.39, 0.29) is 6.04 Å². The molecule has 0 bridgehead atoms. The number of nitrogens with zero attached hydrogens (tertiary/aromatic N) is 1. The van der Waals surface area contributed by atoms with E-state index in [2.05, 4.69) is 17.0 Å². The minimum atomic E-state index is -0.559. The van der Waals surface area contributed by atoms with Crippen molar-refractivity contribution in [3.8, 4) is 0 Å². The van der Waals surface area contributed by atoms with Gasteiger partial charge in [0.15, 0.2) is 0 Å². The van der Waals surface area contributed by atoms with Crippen LogP contribution in [0.3, 0.4) is 0 Å². The molecule has 0 amide bonds. The van der Waals surface area contributed by atoms with Gasteiger partial charge in [0, 0.05) is 31.3 Å². The van der Waals surface area contributed by atoms with Crippen LogP contribution in [0.2, 0.25) is 0 Å². The highest BCUT2D eigenvalue weighted by atomic mass is 19.1. The fourth-order valence-corrected chi connectivity index (χ4v) is 3.03. The van der Waals surface area contributed by atoms with Gasteiger partial charge in [-0.2, -0.15) is 0 Å². The smallest absolute Gasteiger partial charge is 0.130 e. The van der Waals surface area contributed by atoms with E-state index in [1.54, 1.807) is 0 Å². The van der Waals surface area contributed by atoms with E-state index < -0.39 is 11.6 Å². The standard InChI is InChI=1S/C17H18F2N2/c18-14-5-6-15(16(19)9-14)17(10-20)21-8-7-12-3-1-2-4-13(12)11-21/h1-6,9,17H,7-8,10-11,20H2. The molecule has 0 fully saturated rings. The summed E-state index contributed by atoms with van der Waals surface area (Å²) in [5, 5.41) is 0. The fraction of sp³-hybridized carbons (Fsp3) is 0.294. The first-order valence-corrected chi connectivity index (χ1v) is 7.15. The van der Waals surface area contributed by atoms with Gasteiger partial charge in [0.1, 0.15) is 11.6 Å². The summed E-state index contributed by atoms with van der Waals surface area (Å²) in [6, 6.07) is 11.8. The molecule has 1 aliphatic heterocycles. The Bertz CT molecular complexity index is 642. The summed E-state index contributed by atoms with van der Waals surface area (Å²) in [6.45, 7) is 1.88. The Kier molecular flexibility index (Phi) is 3.99. The van der Waals surface area contributed by atoms with Crippen LogP contribution in [0.4, 0.5) is 8.78 Å².